The van der Waals surface area contributed by atoms with Gasteiger partial charge in [-0.3, -0.25) is 4.79 Å². The second-order valence-electron chi connectivity index (χ2n) is 5.45. The van der Waals surface area contributed by atoms with Crippen molar-refractivity contribution in [2.45, 2.75) is 50.4 Å². The molecule has 4 heteroatoms. The number of hydrogen-bond acceptors (Lipinski definition) is 3. The van der Waals surface area contributed by atoms with E-state index in [9.17, 15) is 9.90 Å². The third-order valence-corrected chi connectivity index (χ3v) is 4.01. The normalized spacial score (nSPS) is 33.3. The first-order valence-corrected chi connectivity index (χ1v) is 6.92. The highest BCUT2D eigenvalue weighted by Gasteiger charge is 2.52. The smallest absolute Gasteiger partial charge is 0.261 e. The van der Waals surface area contributed by atoms with Crippen LogP contribution < -0.4 is 5.32 Å². The predicted molar refractivity (Wildman–Crippen MR) is 71.8 cm³/mol. The number of para-hydroxylation sites is 1. The number of anilines is 1. The zero-order valence-corrected chi connectivity index (χ0v) is 11.1. The monoisotopic (exact) mass is 261 g/mol. The third kappa shape index (κ3) is 1.95. The Labute approximate surface area is 112 Å². The molecule has 4 nitrogen and oxygen atoms in total. The van der Waals surface area contributed by atoms with Crippen molar-refractivity contribution in [3.8, 4) is 0 Å². The van der Waals surface area contributed by atoms with Crippen molar-refractivity contribution >= 4 is 11.6 Å². The fourth-order valence-corrected chi connectivity index (χ4v) is 3.21. The number of aliphatic hydroxyl groups is 1. The van der Waals surface area contributed by atoms with Crippen LogP contribution in [-0.4, -0.2) is 23.2 Å². The molecule has 1 saturated heterocycles. The standard InChI is InChI=1S/C15H19NO3/c1-2-5-11-8-10(17)9-15(19-11)12-6-3-4-7-13(12)16-14(15)18/h3-4,6-7,10-11,17H,2,5,8-9H2,1H3,(H,16,18)/t10-,11+,15-/m1/s1. The molecule has 0 saturated carbocycles. The summed E-state index contributed by atoms with van der Waals surface area (Å²) in [6.07, 6.45) is 2.28. The van der Waals surface area contributed by atoms with Crippen LogP contribution in [0.25, 0.3) is 0 Å². The summed E-state index contributed by atoms with van der Waals surface area (Å²) < 4.78 is 6.11. The van der Waals surface area contributed by atoms with Gasteiger partial charge in [0, 0.05) is 17.7 Å². The van der Waals surface area contributed by atoms with E-state index in [1.54, 1.807) is 0 Å². The lowest BCUT2D eigenvalue weighted by Gasteiger charge is -2.39. The van der Waals surface area contributed by atoms with E-state index in [4.69, 9.17) is 4.74 Å². The van der Waals surface area contributed by atoms with Gasteiger partial charge in [0.25, 0.3) is 5.91 Å². The fourth-order valence-electron chi connectivity index (χ4n) is 3.21. The summed E-state index contributed by atoms with van der Waals surface area (Å²) in [6.45, 7) is 2.08. The summed E-state index contributed by atoms with van der Waals surface area (Å²) in [5.74, 6) is -0.145. The van der Waals surface area contributed by atoms with Gasteiger partial charge in [-0.05, 0) is 18.9 Å². The highest BCUT2D eigenvalue weighted by atomic mass is 16.5. The number of ether oxygens (including phenoxy) is 1. The Morgan fingerprint density at radius 2 is 2.26 bits per heavy atom. The van der Waals surface area contributed by atoms with Crippen LogP contribution >= 0.6 is 0 Å². The lowest BCUT2D eigenvalue weighted by molar-refractivity contribution is -0.178. The van der Waals surface area contributed by atoms with Crippen molar-refractivity contribution in [2.75, 3.05) is 5.32 Å². The molecule has 19 heavy (non-hydrogen) atoms. The van der Waals surface area contributed by atoms with Gasteiger partial charge in [0.1, 0.15) is 0 Å². The first kappa shape index (κ1) is 12.6. The van der Waals surface area contributed by atoms with Gasteiger partial charge in [-0.15, -0.1) is 0 Å². The van der Waals surface area contributed by atoms with E-state index in [1.165, 1.54) is 0 Å². The van der Waals surface area contributed by atoms with Crippen LogP contribution in [0.15, 0.2) is 24.3 Å². The predicted octanol–water partition coefficient (Wildman–Crippen LogP) is 2.17. The molecule has 1 amide bonds. The van der Waals surface area contributed by atoms with Gasteiger partial charge in [-0.25, -0.2) is 0 Å². The summed E-state index contributed by atoms with van der Waals surface area (Å²) in [6, 6.07) is 7.58. The Kier molecular flexibility index (Phi) is 3.07. The molecule has 2 N–H and O–H groups in total. The Morgan fingerprint density at radius 1 is 1.47 bits per heavy atom. The number of carbonyl (C=O) groups is 1. The zero-order valence-electron chi connectivity index (χ0n) is 11.1. The largest absolute Gasteiger partial charge is 0.393 e. The fraction of sp³-hybridized carbons (Fsp3) is 0.533. The average Bonchev–Trinajstić information content (AvgIpc) is 2.62. The average molecular weight is 261 g/mol. The molecule has 1 aromatic rings. The van der Waals surface area contributed by atoms with E-state index >= 15 is 0 Å². The molecule has 0 radical (unpaired) electrons. The number of amides is 1. The molecule has 2 heterocycles. The van der Waals surface area contributed by atoms with Crippen LogP contribution in [0.1, 0.15) is 38.2 Å². The highest BCUT2D eigenvalue weighted by Crippen LogP contribution is 2.46. The SMILES string of the molecule is CCC[C@H]1C[C@@H](O)C[C@]2(O1)C(=O)Nc1ccccc12. The molecule has 3 atom stereocenters. The molecule has 102 valence electrons. The van der Waals surface area contributed by atoms with E-state index in [0.717, 1.165) is 24.1 Å². The van der Waals surface area contributed by atoms with Gasteiger partial charge in [0.05, 0.1) is 12.2 Å². The summed E-state index contributed by atoms with van der Waals surface area (Å²) in [5.41, 5.74) is 0.672. The number of rotatable bonds is 2. The zero-order chi connectivity index (χ0) is 13.5. The van der Waals surface area contributed by atoms with E-state index in [-0.39, 0.29) is 12.0 Å². The lowest BCUT2D eigenvalue weighted by Crippen LogP contribution is -2.48. The second-order valence-corrected chi connectivity index (χ2v) is 5.45. The second kappa shape index (κ2) is 4.62. The molecule has 1 aromatic carbocycles. The van der Waals surface area contributed by atoms with E-state index in [1.807, 2.05) is 24.3 Å². The van der Waals surface area contributed by atoms with Crippen molar-refractivity contribution in [2.24, 2.45) is 0 Å². The van der Waals surface area contributed by atoms with Crippen LogP contribution in [0.4, 0.5) is 5.69 Å². The van der Waals surface area contributed by atoms with Crippen molar-refractivity contribution in [3.05, 3.63) is 29.8 Å². The number of fused-ring (bicyclic) bond motifs is 2. The molecule has 3 rings (SSSR count). The van der Waals surface area contributed by atoms with Crippen LogP contribution in [0.3, 0.4) is 0 Å². The van der Waals surface area contributed by atoms with Gasteiger partial charge in [-0.2, -0.15) is 0 Å². The number of hydrogen-bond donors (Lipinski definition) is 2. The van der Waals surface area contributed by atoms with Crippen LogP contribution in [0.5, 0.6) is 0 Å². The first-order chi connectivity index (χ1) is 9.15. The van der Waals surface area contributed by atoms with Crippen molar-refractivity contribution < 1.29 is 14.6 Å². The summed E-state index contributed by atoms with van der Waals surface area (Å²) in [5, 5.41) is 13.0. The number of aliphatic hydroxyl groups excluding tert-OH is 1. The maximum atomic E-state index is 12.4. The number of carbonyl (C=O) groups excluding carboxylic acids is 1. The molecule has 2 aliphatic rings. The molecule has 0 unspecified atom stereocenters. The summed E-state index contributed by atoms with van der Waals surface area (Å²) in [7, 11) is 0. The maximum absolute atomic E-state index is 12.4. The Balaban J connectivity index is 1.99. The van der Waals surface area contributed by atoms with E-state index < -0.39 is 11.7 Å². The topological polar surface area (TPSA) is 58.6 Å². The van der Waals surface area contributed by atoms with Gasteiger partial charge in [0.15, 0.2) is 5.60 Å². The van der Waals surface area contributed by atoms with Crippen LogP contribution in [0.2, 0.25) is 0 Å². The highest BCUT2D eigenvalue weighted by molar-refractivity contribution is 6.05. The minimum Gasteiger partial charge on any atom is -0.393 e. The summed E-state index contributed by atoms with van der Waals surface area (Å²) >= 11 is 0. The number of nitrogens with one attached hydrogen (secondary N) is 1. The minimum atomic E-state index is -0.992. The maximum Gasteiger partial charge on any atom is 0.261 e. The third-order valence-electron chi connectivity index (χ3n) is 4.01. The Bertz CT molecular complexity index is 502. The van der Waals surface area contributed by atoms with Crippen molar-refractivity contribution in [1.82, 2.24) is 0 Å². The van der Waals surface area contributed by atoms with Crippen LogP contribution in [0, 0.1) is 0 Å². The van der Waals surface area contributed by atoms with Crippen molar-refractivity contribution in [3.63, 3.8) is 0 Å². The van der Waals surface area contributed by atoms with Gasteiger partial charge in [0.2, 0.25) is 0 Å². The molecule has 0 bridgehead atoms. The molecule has 0 aliphatic carbocycles. The number of benzene rings is 1. The van der Waals surface area contributed by atoms with Gasteiger partial charge in [-0.1, -0.05) is 31.5 Å². The molecule has 1 fully saturated rings. The molecule has 1 spiro atoms. The first-order valence-electron chi connectivity index (χ1n) is 6.92. The summed E-state index contributed by atoms with van der Waals surface area (Å²) in [4.78, 5) is 12.4. The van der Waals surface area contributed by atoms with Crippen molar-refractivity contribution in [1.29, 1.82) is 0 Å². The minimum absolute atomic E-state index is 0.0503. The molecular formula is C15H19NO3. The van der Waals surface area contributed by atoms with E-state index in [2.05, 4.69) is 12.2 Å². The van der Waals surface area contributed by atoms with E-state index in [0.29, 0.717) is 12.8 Å². The van der Waals surface area contributed by atoms with Gasteiger partial charge >= 0.3 is 0 Å². The molecule has 2 aliphatic heterocycles. The lowest BCUT2D eigenvalue weighted by atomic mass is 9.84. The van der Waals surface area contributed by atoms with Crippen LogP contribution in [-0.2, 0) is 15.1 Å². The van der Waals surface area contributed by atoms with Gasteiger partial charge < -0.3 is 15.2 Å². The Hall–Kier alpha value is -1.39. The molecule has 0 aromatic heterocycles. The Morgan fingerprint density at radius 3 is 3.05 bits per heavy atom. The quantitative estimate of drug-likeness (QED) is 0.857. The molecular weight excluding hydrogens is 242 g/mol.